The molecule has 4 heteroatoms. The van der Waals surface area contributed by atoms with Crippen molar-refractivity contribution in [3.8, 4) is 0 Å². The van der Waals surface area contributed by atoms with Crippen molar-refractivity contribution < 1.29 is 0 Å². The second-order valence-corrected chi connectivity index (χ2v) is 2.34. The van der Waals surface area contributed by atoms with E-state index in [0.29, 0.717) is 0 Å². The van der Waals surface area contributed by atoms with Gasteiger partial charge in [0.2, 0.25) is 0 Å². The topological polar surface area (TPSA) is 81.3 Å². The van der Waals surface area contributed by atoms with Gasteiger partial charge in [-0.2, -0.15) is 0 Å². The van der Waals surface area contributed by atoms with E-state index in [4.69, 9.17) is 5.73 Å². The predicted molar refractivity (Wildman–Crippen MR) is 43.1 cm³/mol. The molecule has 0 aromatic heterocycles. The van der Waals surface area contributed by atoms with E-state index in [1.54, 1.807) is 0 Å². The number of hydrogen-bond donors (Lipinski definition) is 3. The SMILES string of the molecule is NCCN1CCCC1.NN. The molecule has 0 spiro atoms. The van der Waals surface area contributed by atoms with E-state index in [-0.39, 0.29) is 0 Å². The second kappa shape index (κ2) is 6.95. The zero-order valence-corrected chi connectivity index (χ0v) is 6.42. The fourth-order valence-electron chi connectivity index (χ4n) is 1.19. The first-order chi connectivity index (χ1) is 4.93. The summed E-state index contributed by atoms with van der Waals surface area (Å²) in [6.07, 6.45) is 2.75. The Balaban J connectivity index is 0.000000371. The molecule has 1 heterocycles. The van der Waals surface area contributed by atoms with Crippen LogP contribution in [0, 0.1) is 0 Å². The van der Waals surface area contributed by atoms with Crippen LogP contribution in [0.2, 0.25) is 0 Å². The normalized spacial score (nSPS) is 18.3. The molecule has 1 saturated heterocycles. The van der Waals surface area contributed by atoms with Gasteiger partial charge in [-0.15, -0.1) is 0 Å². The van der Waals surface area contributed by atoms with Crippen LogP contribution >= 0.6 is 0 Å². The summed E-state index contributed by atoms with van der Waals surface area (Å²) in [6, 6.07) is 0. The van der Waals surface area contributed by atoms with E-state index in [2.05, 4.69) is 16.6 Å². The summed E-state index contributed by atoms with van der Waals surface area (Å²) in [4.78, 5) is 2.42. The quantitative estimate of drug-likeness (QED) is 0.340. The molecule has 1 aliphatic heterocycles. The van der Waals surface area contributed by atoms with E-state index >= 15 is 0 Å². The van der Waals surface area contributed by atoms with Crippen molar-refractivity contribution in [1.29, 1.82) is 0 Å². The smallest absolute Gasteiger partial charge is 0.0105 e. The van der Waals surface area contributed by atoms with Gasteiger partial charge in [-0.25, -0.2) is 0 Å². The van der Waals surface area contributed by atoms with Crippen LogP contribution in [0.4, 0.5) is 0 Å². The van der Waals surface area contributed by atoms with Gasteiger partial charge >= 0.3 is 0 Å². The Morgan fingerprint density at radius 1 is 1.10 bits per heavy atom. The minimum atomic E-state index is 0.819. The largest absolute Gasteiger partial charge is 0.329 e. The third-order valence-corrected chi connectivity index (χ3v) is 1.64. The maximum atomic E-state index is 5.37. The number of likely N-dealkylation sites (tertiary alicyclic amines) is 1. The van der Waals surface area contributed by atoms with Gasteiger partial charge in [-0.05, 0) is 25.9 Å². The third-order valence-electron chi connectivity index (χ3n) is 1.64. The van der Waals surface area contributed by atoms with Crippen molar-refractivity contribution in [2.45, 2.75) is 12.8 Å². The summed E-state index contributed by atoms with van der Waals surface area (Å²) < 4.78 is 0. The lowest BCUT2D eigenvalue weighted by Crippen LogP contribution is -2.26. The number of hydrazine groups is 1. The molecule has 10 heavy (non-hydrogen) atoms. The van der Waals surface area contributed by atoms with E-state index in [9.17, 15) is 0 Å². The lowest BCUT2D eigenvalue weighted by atomic mass is 10.4. The van der Waals surface area contributed by atoms with Crippen molar-refractivity contribution >= 4 is 0 Å². The molecule has 0 bridgehead atoms. The highest BCUT2D eigenvalue weighted by atomic mass is 15.1. The monoisotopic (exact) mass is 146 g/mol. The Bertz CT molecular complexity index is 60.8. The van der Waals surface area contributed by atoms with Gasteiger partial charge in [0.1, 0.15) is 0 Å². The molecular weight excluding hydrogens is 128 g/mol. The van der Waals surface area contributed by atoms with Gasteiger partial charge in [-0.3, -0.25) is 11.7 Å². The highest BCUT2D eigenvalue weighted by Crippen LogP contribution is 2.04. The van der Waals surface area contributed by atoms with Crippen LogP contribution in [-0.4, -0.2) is 31.1 Å². The van der Waals surface area contributed by atoms with Gasteiger partial charge in [0, 0.05) is 13.1 Å². The van der Waals surface area contributed by atoms with Gasteiger partial charge in [0.15, 0.2) is 0 Å². The van der Waals surface area contributed by atoms with E-state index < -0.39 is 0 Å². The molecule has 0 aliphatic carbocycles. The highest BCUT2D eigenvalue weighted by molar-refractivity contribution is 4.65. The molecule has 0 unspecified atom stereocenters. The maximum Gasteiger partial charge on any atom is 0.0105 e. The van der Waals surface area contributed by atoms with Crippen LogP contribution in [0.1, 0.15) is 12.8 Å². The number of rotatable bonds is 2. The summed E-state index contributed by atoms with van der Waals surface area (Å²) in [5.74, 6) is 8.00. The van der Waals surface area contributed by atoms with Crippen LogP contribution in [-0.2, 0) is 0 Å². The van der Waals surface area contributed by atoms with Gasteiger partial charge in [0.25, 0.3) is 0 Å². The number of hydrogen-bond acceptors (Lipinski definition) is 4. The molecule has 0 aromatic rings. The van der Waals surface area contributed by atoms with Crippen molar-refractivity contribution in [1.82, 2.24) is 4.90 Å². The molecule has 4 nitrogen and oxygen atoms in total. The van der Waals surface area contributed by atoms with Gasteiger partial charge in [0.05, 0.1) is 0 Å². The fraction of sp³-hybridized carbons (Fsp3) is 1.00. The minimum Gasteiger partial charge on any atom is -0.329 e. The number of nitrogens with two attached hydrogens (primary N) is 3. The standard InChI is InChI=1S/C6H14N2.H4N2/c7-3-6-8-4-1-2-5-8;1-2/h1-7H2;1-2H2. The van der Waals surface area contributed by atoms with Crippen molar-refractivity contribution in [3.05, 3.63) is 0 Å². The lowest BCUT2D eigenvalue weighted by molar-refractivity contribution is 0.349. The molecule has 1 aliphatic rings. The molecule has 0 aromatic carbocycles. The highest BCUT2D eigenvalue weighted by Gasteiger charge is 2.08. The Hall–Kier alpha value is -0.160. The van der Waals surface area contributed by atoms with E-state index in [0.717, 1.165) is 13.1 Å². The van der Waals surface area contributed by atoms with E-state index in [1.165, 1.54) is 25.9 Å². The number of nitrogens with zero attached hydrogens (tertiary/aromatic N) is 1. The molecule has 0 amide bonds. The zero-order chi connectivity index (χ0) is 7.82. The van der Waals surface area contributed by atoms with Crippen LogP contribution in [0.25, 0.3) is 0 Å². The fourth-order valence-corrected chi connectivity index (χ4v) is 1.19. The summed E-state index contributed by atoms with van der Waals surface area (Å²) >= 11 is 0. The first-order valence-electron chi connectivity index (χ1n) is 3.69. The summed E-state index contributed by atoms with van der Waals surface area (Å²) in [5.41, 5.74) is 5.37. The minimum absolute atomic E-state index is 0.819. The molecule has 1 rings (SSSR count). The first-order valence-corrected chi connectivity index (χ1v) is 3.69. The maximum absolute atomic E-state index is 5.37. The third kappa shape index (κ3) is 3.79. The lowest BCUT2D eigenvalue weighted by Gasteiger charge is -2.11. The Kier molecular flexibility index (Phi) is 6.84. The molecule has 0 radical (unpaired) electrons. The van der Waals surface area contributed by atoms with Gasteiger partial charge < -0.3 is 10.6 Å². The van der Waals surface area contributed by atoms with Crippen molar-refractivity contribution in [3.63, 3.8) is 0 Å². The molecule has 6 N–H and O–H groups in total. The van der Waals surface area contributed by atoms with Crippen LogP contribution < -0.4 is 17.4 Å². The Morgan fingerprint density at radius 2 is 1.60 bits per heavy atom. The van der Waals surface area contributed by atoms with Crippen molar-refractivity contribution in [2.75, 3.05) is 26.2 Å². The summed E-state index contributed by atoms with van der Waals surface area (Å²) in [7, 11) is 0. The van der Waals surface area contributed by atoms with Crippen LogP contribution in [0.15, 0.2) is 0 Å². The second-order valence-electron chi connectivity index (χ2n) is 2.34. The van der Waals surface area contributed by atoms with Gasteiger partial charge in [-0.1, -0.05) is 0 Å². The Morgan fingerprint density at radius 3 is 2.00 bits per heavy atom. The van der Waals surface area contributed by atoms with Crippen molar-refractivity contribution in [2.24, 2.45) is 17.4 Å². The summed E-state index contributed by atoms with van der Waals surface area (Å²) in [5, 5.41) is 0. The molecule has 0 saturated carbocycles. The molecular formula is C6H18N4. The van der Waals surface area contributed by atoms with Crippen LogP contribution in [0.5, 0.6) is 0 Å². The molecule has 1 fully saturated rings. The Labute approximate surface area is 62.3 Å². The zero-order valence-electron chi connectivity index (χ0n) is 6.42. The molecule has 62 valence electrons. The molecule has 0 atom stereocenters. The summed E-state index contributed by atoms with van der Waals surface area (Å²) in [6.45, 7) is 4.47. The van der Waals surface area contributed by atoms with E-state index in [1.807, 2.05) is 0 Å². The first kappa shape index (κ1) is 9.84. The average Bonchev–Trinajstić information content (AvgIpc) is 2.46. The predicted octanol–water partition coefficient (Wildman–Crippen LogP) is -1.14. The van der Waals surface area contributed by atoms with Crippen LogP contribution in [0.3, 0.4) is 0 Å². The average molecular weight is 146 g/mol.